The minimum absolute atomic E-state index is 0.00701. The van der Waals surface area contributed by atoms with Crippen LogP contribution in [0.4, 0.5) is 0 Å². The Morgan fingerprint density at radius 1 is 1.53 bits per heavy atom. The molecular weight excluding hydrogens is 216 g/mol. The summed E-state index contributed by atoms with van der Waals surface area (Å²) in [5.41, 5.74) is 0.664. The molecular formula is C14H22O3. The molecule has 0 amide bonds. The largest absolute Gasteiger partial charge is 0.380 e. The van der Waals surface area contributed by atoms with Crippen molar-refractivity contribution in [2.45, 2.75) is 39.4 Å². The van der Waals surface area contributed by atoms with Gasteiger partial charge in [-0.05, 0) is 18.4 Å². The molecule has 4 atom stereocenters. The summed E-state index contributed by atoms with van der Waals surface area (Å²) in [5, 5.41) is 0. The topological polar surface area (TPSA) is 35.5 Å². The molecule has 2 bridgehead atoms. The lowest BCUT2D eigenvalue weighted by Gasteiger charge is -2.42. The van der Waals surface area contributed by atoms with Gasteiger partial charge >= 0.3 is 0 Å². The van der Waals surface area contributed by atoms with Gasteiger partial charge in [0.1, 0.15) is 5.78 Å². The number of carbonyl (C=O) groups is 1. The molecule has 1 saturated heterocycles. The van der Waals surface area contributed by atoms with Gasteiger partial charge in [-0.3, -0.25) is 4.79 Å². The van der Waals surface area contributed by atoms with E-state index in [2.05, 4.69) is 19.9 Å². The molecule has 3 nitrogen and oxygen atoms in total. The second kappa shape index (κ2) is 4.21. The first-order chi connectivity index (χ1) is 7.91. The highest BCUT2D eigenvalue weighted by atomic mass is 16.5. The molecule has 96 valence electrons. The average Bonchev–Trinajstić information content (AvgIpc) is 2.52. The van der Waals surface area contributed by atoms with Crippen molar-refractivity contribution in [2.24, 2.45) is 17.8 Å². The summed E-state index contributed by atoms with van der Waals surface area (Å²) in [6.07, 6.45) is 2.05. The maximum Gasteiger partial charge on any atom is 0.145 e. The van der Waals surface area contributed by atoms with Crippen LogP contribution in [-0.2, 0) is 14.3 Å². The zero-order valence-corrected chi connectivity index (χ0v) is 11.3. The van der Waals surface area contributed by atoms with Gasteiger partial charge in [-0.1, -0.05) is 26.8 Å². The van der Waals surface area contributed by atoms with Crippen molar-refractivity contribution < 1.29 is 14.3 Å². The fourth-order valence-electron chi connectivity index (χ4n) is 3.09. The summed E-state index contributed by atoms with van der Waals surface area (Å²) < 4.78 is 11.3. The second-order valence-corrected chi connectivity index (χ2v) is 5.71. The Balaban J connectivity index is 2.36. The van der Waals surface area contributed by atoms with Crippen LogP contribution in [0.25, 0.3) is 0 Å². The van der Waals surface area contributed by atoms with E-state index in [0.717, 1.165) is 5.57 Å². The van der Waals surface area contributed by atoms with Gasteiger partial charge in [0.15, 0.2) is 0 Å². The first-order valence-corrected chi connectivity index (χ1v) is 6.33. The number of methoxy groups -OCH3 is 1. The van der Waals surface area contributed by atoms with Crippen LogP contribution in [0.5, 0.6) is 0 Å². The van der Waals surface area contributed by atoms with Crippen molar-refractivity contribution in [1.29, 1.82) is 0 Å². The molecule has 0 aliphatic carbocycles. The third-order valence-electron chi connectivity index (χ3n) is 4.34. The monoisotopic (exact) mass is 238 g/mol. The number of hydrogen-bond donors (Lipinski definition) is 0. The first kappa shape index (κ1) is 12.8. The van der Waals surface area contributed by atoms with Crippen LogP contribution in [0.3, 0.4) is 0 Å². The number of rotatable bonds is 3. The predicted molar refractivity (Wildman–Crippen MR) is 65.7 cm³/mol. The Hall–Kier alpha value is -0.670. The fraction of sp³-hybridized carbons (Fsp3) is 0.786. The van der Waals surface area contributed by atoms with Crippen LogP contribution < -0.4 is 0 Å². The third kappa shape index (κ3) is 1.76. The van der Waals surface area contributed by atoms with E-state index in [-0.39, 0.29) is 17.9 Å². The summed E-state index contributed by atoms with van der Waals surface area (Å²) in [6, 6.07) is 0. The van der Waals surface area contributed by atoms with Gasteiger partial charge in [-0.25, -0.2) is 0 Å². The van der Waals surface area contributed by atoms with Gasteiger partial charge in [0, 0.05) is 13.0 Å². The third-order valence-corrected chi connectivity index (χ3v) is 4.34. The smallest absolute Gasteiger partial charge is 0.145 e. The van der Waals surface area contributed by atoms with Crippen molar-refractivity contribution in [3.63, 3.8) is 0 Å². The lowest BCUT2D eigenvalue weighted by atomic mass is 9.74. The number of fused-ring (bicyclic) bond motifs is 2. The number of Topliss-reactive ketones (excluding diaryl/α,β-unsaturated/α-hetero) is 1. The van der Waals surface area contributed by atoms with E-state index in [1.54, 1.807) is 7.11 Å². The van der Waals surface area contributed by atoms with E-state index in [1.807, 2.05) is 13.8 Å². The molecule has 3 heteroatoms. The van der Waals surface area contributed by atoms with Gasteiger partial charge in [0.2, 0.25) is 0 Å². The maximum atomic E-state index is 12.4. The summed E-state index contributed by atoms with van der Waals surface area (Å²) in [4.78, 5) is 12.4. The average molecular weight is 238 g/mol. The van der Waals surface area contributed by atoms with Crippen LogP contribution in [0, 0.1) is 17.8 Å². The van der Waals surface area contributed by atoms with E-state index in [1.165, 1.54) is 0 Å². The van der Waals surface area contributed by atoms with Crippen LogP contribution in [0.2, 0.25) is 0 Å². The molecule has 0 saturated carbocycles. The minimum Gasteiger partial charge on any atom is -0.380 e. The Bertz CT molecular complexity index is 358. The lowest BCUT2D eigenvalue weighted by molar-refractivity contribution is -0.162. The highest BCUT2D eigenvalue weighted by molar-refractivity contribution is 5.87. The van der Waals surface area contributed by atoms with Crippen molar-refractivity contribution in [3.8, 4) is 0 Å². The molecule has 2 rings (SSSR count). The summed E-state index contributed by atoms with van der Waals surface area (Å²) in [7, 11) is 1.68. The highest BCUT2D eigenvalue weighted by Gasteiger charge is 2.55. The summed E-state index contributed by atoms with van der Waals surface area (Å²) in [6.45, 7) is 8.71. The quantitative estimate of drug-likeness (QED) is 0.707. The summed E-state index contributed by atoms with van der Waals surface area (Å²) in [5.74, 6) is 0.557. The zero-order chi connectivity index (χ0) is 12.8. The molecule has 2 aliphatic rings. The van der Waals surface area contributed by atoms with Crippen molar-refractivity contribution in [1.82, 2.24) is 0 Å². The van der Waals surface area contributed by atoms with Gasteiger partial charge in [-0.2, -0.15) is 0 Å². The highest BCUT2D eigenvalue weighted by Crippen LogP contribution is 2.47. The molecule has 17 heavy (non-hydrogen) atoms. The van der Waals surface area contributed by atoms with E-state index in [0.29, 0.717) is 18.3 Å². The van der Waals surface area contributed by atoms with Crippen LogP contribution in [0.15, 0.2) is 11.6 Å². The number of ketones is 1. The van der Waals surface area contributed by atoms with E-state index < -0.39 is 5.60 Å². The zero-order valence-electron chi connectivity index (χ0n) is 11.3. The van der Waals surface area contributed by atoms with Crippen LogP contribution in [0.1, 0.15) is 27.7 Å². The number of ether oxygens (including phenoxy) is 2. The van der Waals surface area contributed by atoms with Gasteiger partial charge < -0.3 is 9.47 Å². The van der Waals surface area contributed by atoms with Gasteiger partial charge in [0.25, 0.3) is 0 Å². The first-order valence-electron chi connectivity index (χ1n) is 6.33. The normalized spacial score (nSPS) is 40.9. The molecule has 2 aliphatic heterocycles. The minimum atomic E-state index is -0.455. The van der Waals surface area contributed by atoms with Gasteiger partial charge in [-0.15, -0.1) is 0 Å². The Labute approximate surface area is 103 Å². The van der Waals surface area contributed by atoms with E-state index in [4.69, 9.17) is 9.47 Å². The predicted octanol–water partition coefficient (Wildman–Crippen LogP) is 2.21. The Morgan fingerprint density at radius 2 is 2.18 bits per heavy atom. The lowest BCUT2D eigenvalue weighted by Crippen LogP contribution is -2.52. The molecule has 0 radical (unpaired) electrons. The molecule has 2 heterocycles. The van der Waals surface area contributed by atoms with Crippen LogP contribution >= 0.6 is 0 Å². The number of hydrogen-bond acceptors (Lipinski definition) is 3. The maximum absolute atomic E-state index is 12.4. The molecule has 0 N–H and O–H groups in total. The molecule has 1 fully saturated rings. The van der Waals surface area contributed by atoms with Crippen molar-refractivity contribution in [3.05, 3.63) is 11.6 Å². The van der Waals surface area contributed by atoms with E-state index in [9.17, 15) is 4.79 Å². The Kier molecular flexibility index (Phi) is 3.17. The molecule has 0 aromatic rings. The number of carbonyl (C=O) groups excluding carboxylic acids is 1. The van der Waals surface area contributed by atoms with Crippen molar-refractivity contribution in [2.75, 3.05) is 13.7 Å². The fourth-order valence-corrected chi connectivity index (χ4v) is 3.09. The van der Waals surface area contributed by atoms with Crippen molar-refractivity contribution >= 4 is 5.78 Å². The second-order valence-electron chi connectivity index (χ2n) is 5.71. The van der Waals surface area contributed by atoms with Crippen LogP contribution in [-0.4, -0.2) is 31.2 Å². The van der Waals surface area contributed by atoms with Gasteiger partial charge in [0.05, 0.1) is 24.2 Å². The molecule has 0 spiro atoms. The Morgan fingerprint density at radius 3 is 2.71 bits per heavy atom. The van der Waals surface area contributed by atoms with E-state index >= 15 is 0 Å². The standard InChI is InChI=1S/C14H22O3/c1-8(2)12-11-6-10(7-16-5)14(4,17-11)9(3)13(12)15/h6,8-9,11-12H,7H2,1-5H3/t9-,11+,12-,14+/m0/s1. The molecule has 0 aromatic carbocycles. The molecule has 0 unspecified atom stereocenters. The SMILES string of the molecule is COCC1=C[C@H]2O[C@]1(C)[C@@H](C)C(=O)[C@H]2C(C)C. The summed E-state index contributed by atoms with van der Waals surface area (Å²) >= 11 is 0. The molecule has 0 aromatic heterocycles.